The summed E-state index contributed by atoms with van der Waals surface area (Å²) in [6, 6.07) is 12.6. The third-order valence-corrected chi connectivity index (χ3v) is 4.98. The maximum Gasteiger partial charge on any atom is 0.269 e. The Labute approximate surface area is 178 Å². The number of ether oxygens (including phenoxy) is 1. The first-order chi connectivity index (χ1) is 14.4. The number of para-hydroxylation sites is 1. The maximum atomic E-state index is 12.3. The van der Waals surface area contributed by atoms with Crippen molar-refractivity contribution >= 4 is 34.8 Å². The number of benzene rings is 2. The van der Waals surface area contributed by atoms with E-state index in [-0.39, 0.29) is 30.7 Å². The predicted molar refractivity (Wildman–Crippen MR) is 112 cm³/mol. The van der Waals surface area contributed by atoms with E-state index in [2.05, 4.69) is 5.32 Å². The molecule has 9 nitrogen and oxygen atoms in total. The molecular weight excluding hydrogens is 412 g/mol. The molecule has 0 aliphatic carbocycles. The van der Waals surface area contributed by atoms with Crippen LogP contribution < -0.4 is 10.1 Å². The second-order valence-electron chi connectivity index (χ2n) is 6.72. The van der Waals surface area contributed by atoms with Gasteiger partial charge in [-0.1, -0.05) is 23.7 Å². The van der Waals surface area contributed by atoms with Crippen LogP contribution >= 0.6 is 11.6 Å². The van der Waals surface area contributed by atoms with Crippen LogP contribution in [0, 0.1) is 10.1 Å². The molecule has 1 heterocycles. The van der Waals surface area contributed by atoms with Crippen LogP contribution in [0.25, 0.3) is 0 Å². The summed E-state index contributed by atoms with van der Waals surface area (Å²) in [4.78, 5) is 38.4. The number of anilines is 1. The van der Waals surface area contributed by atoms with Crippen molar-refractivity contribution in [3.8, 4) is 5.75 Å². The zero-order valence-electron chi connectivity index (χ0n) is 16.1. The second-order valence-corrected chi connectivity index (χ2v) is 7.13. The first-order valence-electron chi connectivity index (χ1n) is 9.34. The van der Waals surface area contributed by atoms with Crippen LogP contribution in [-0.4, -0.2) is 65.9 Å². The van der Waals surface area contributed by atoms with E-state index in [0.29, 0.717) is 42.6 Å². The minimum atomic E-state index is -0.497. The number of hydrogen-bond acceptors (Lipinski definition) is 6. The van der Waals surface area contributed by atoms with Gasteiger partial charge < -0.3 is 15.0 Å². The zero-order valence-corrected chi connectivity index (χ0v) is 16.9. The van der Waals surface area contributed by atoms with E-state index in [1.165, 1.54) is 24.3 Å². The molecule has 0 radical (unpaired) electrons. The number of nitro benzene ring substituents is 1. The third-order valence-electron chi connectivity index (χ3n) is 4.65. The minimum absolute atomic E-state index is 0.0385. The molecular formula is C20H21ClN4O5. The molecule has 0 saturated carbocycles. The van der Waals surface area contributed by atoms with Crippen molar-refractivity contribution in [2.75, 3.05) is 44.6 Å². The highest BCUT2D eigenvalue weighted by atomic mass is 35.5. The van der Waals surface area contributed by atoms with Crippen molar-refractivity contribution in [3.05, 3.63) is 63.7 Å². The van der Waals surface area contributed by atoms with Gasteiger partial charge in [0, 0.05) is 38.3 Å². The molecule has 2 aromatic carbocycles. The first kappa shape index (κ1) is 21.5. The van der Waals surface area contributed by atoms with Crippen molar-refractivity contribution in [1.82, 2.24) is 9.80 Å². The largest absolute Gasteiger partial charge is 0.484 e. The lowest BCUT2D eigenvalue weighted by Crippen LogP contribution is -2.51. The van der Waals surface area contributed by atoms with Crippen LogP contribution in [-0.2, 0) is 9.59 Å². The van der Waals surface area contributed by atoms with Gasteiger partial charge in [0.2, 0.25) is 5.91 Å². The van der Waals surface area contributed by atoms with Crippen LogP contribution in [0.5, 0.6) is 5.75 Å². The Morgan fingerprint density at radius 3 is 2.37 bits per heavy atom. The molecule has 0 aromatic heterocycles. The number of piperazine rings is 1. The number of carbonyl (C=O) groups is 2. The van der Waals surface area contributed by atoms with E-state index in [4.69, 9.17) is 16.3 Å². The normalized spacial score (nSPS) is 14.2. The van der Waals surface area contributed by atoms with Crippen LogP contribution in [0.3, 0.4) is 0 Å². The molecule has 158 valence electrons. The molecule has 30 heavy (non-hydrogen) atoms. The summed E-state index contributed by atoms with van der Waals surface area (Å²) in [6.07, 6.45) is 0. The fourth-order valence-electron chi connectivity index (χ4n) is 3.01. The van der Waals surface area contributed by atoms with Crippen LogP contribution in [0.15, 0.2) is 48.5 Å². The number of halogens is 1. The van der Waals surface area contributed by atoms with Crippen molar-refractivity contribution < 1.29 is 19.2 Å². The maximum absolute atomic E-state index is 12.3. The molecule has 0 unspecified atom stereocenters. The topological polar surface area (TPSA) is 105 Å². The van der Waals surface area contributed by atoms with E-state index < -0.39 is 4.92 Å². The molecule has 1 saturated heterocycles. The van der Waals surface area contributed by atoms with Crippen molar-refractivity contribution in [2.45, 2.75) is 0 Å². The number of nitrogens with one attached hydrogen (secondary N) is 1. The first-order valence-corrected chi connectivity index (χ1v) is 9.72. The number of rotatable bonds is 7. The van der Waals surface area contributed by atoms with Gasteiger partial charge in [-0.25, -0.2) is 0 Å². The van der Waals surface area contributed by atoms with Gasteiger partial charge in [-0.05, 0) is 24.3 Å². The van der Waals surface area contributed by atoms with Crippen LogP contribution in [0.1, 0.15) is 0 Å². The van der Waals surface area contributed by atoms with E-state index >= 15 is 0 Å². The number of hydrogen-bond donors (Lipinski definition) is 1. The predicted octanol–water partition coefficient (Wildman–Crippen LogP) is 2.41. The van der Waals surface area contributed by atoms with Crippen LogP contribution in [0.4, 0.5) is 11.4 Å². The zero-order chi connectivity index (χ0) is 21.5. The number of nitro groups is 1. The van der Waals surface area contributed by atoms with Gasteiger partial charge in [0.05, 0.1) is 22.2 Å². The number of nitrogens with zero attached hydrogens (tertiary/aromatic N) is 3. The SMILES string of the molecule is O=C(CN1CCN(C(=O)COc2ccc([N+](=O)[O-])cc2)CC1)Nc1ccccc1Cl. The highest BCUT2D eigenvalue weighted by Crippen LogP contribution is 2.20. The average Bonchev–Trinajstić information content (AvgIpc) is 2.74. The quantitative estimate of drug-likeness (QED) is 0.532. The summed E-state index contributed by atoms with van der Waals surface area (Å²) in [5.74, 6) is 0.0572. The van der Waals surface area contributed by atoms with Crippen molar-refractivity contribution in [1.29, 1.82) is 0 Å². The number of carbonyl (C=O) groups excluding carboxylic acids is 2. The molecule has 1 aliphatic heterocycles. The number of amides is 2. The van der Waals surface area contributed by atoms with E-state index in [9.17, 15) is 19.7 Å². The van der Waals surface area contributed by atoms with Gasteiger partial charge in [-0.15, -0.1) is 0 Å². The molecule has 2 amide bonds. The van der Waals surface area contributed by atoms with Gasteiger partial charge in [0.25, 0.3) is 11.6 Å². The monoisotopic (exact) mass is 432 g/mol. The lowest BCUT2D eigenvalue weighted by atomic mass is 10.3. The van der Waals surface area contributed by atoms with Gasteiger partial charge in [0.15, 0.2) is 6.61 Å². The summed E-state index contributed by atoms with van der Waals surface area (Å²) in [5, 5.41) is 13.9. The Bertz CT molecular complexity index is 914. The Morgan fingerprint density at radius 2 is 1.73 bits per heavy atom. The highest BCUT2D eigenvalue weighted by Gasteiger charge is 2.23. The van der Waals surface area contributed by atoms with E-state index in [1.807, 2.05) is 4.90 Å². The Morgan fingerprint density at radius 1 is 1.07 bits per heavy atom. The van der Waals surface area contributed by atoms with Gasteiger partial charge in [0.1, 0.15) is 5.75 Å². The molecule has 1 aliphatic rings. The summed E-state index contributed by atoms with van der Waals surface area (Å²) in [6.45, 7) is 2.18. The fraction of sp³-hybridized carbons (Fsp3) is 0.300. The smallest absolute Gasteiger partial charge is 0.269 e. The Hall–Kier alpha value is -3.17. The summed E-state index contributed by atoms with van der Waals surface area (Å²) in [7, 11) is 0. The van der Waals surface area contributed by atoms with E-state index in [1.54, 1.807) is 29.2 Å². The van der Waals surface area contributed by atoms with Crippen LogP contribution in [0.2, 0.25) is 5.02 Å². The molecule has 0 spiro atoms. The molecule has 0 atom stereocenters. The van der Waals surface area contributed by atoms with Crippen molar-refractivity contribution in [2.24, 2.45) is 0 Å². The number of non-ortho nitro benzene ring substituents is 1. The summed E-state index contributed by atoms with van der Waals surface area (Å²) >= 11 is 6.05. The minimum Gasteiger partial charge on any atom is -0.484 e. The summed E-state index contributed by atoms with van der Waals surface area (Å²) < 4.78 is 5.42. The molecule has 1 fully saturated rings. The fourth-order valence-corrected chi connectivity index (χ4v) is 3.19. The van der Waals surface area contributed by atoms with Gasteiger partial charge in [-0.3, -0.25) is 24.6 Å². The Balaban J connectivity index is 1.40. The lowest BCUT2D eigenvalue weighted by Gasteiger charge is -2.34. The summed E-state index contributed by atoms with van der Waals surface area (Å²) in [5.41, 5.74) is 0.532. The molecule has 3 rings (SSSR count). The Kier molecular flexibility index (Phi) is 7.21. The van der Waals surface area contributed by atoms with Gasteiger partial charge in [-0.2, -0.15) is 0 Å². The highest BCUT2D eigenvalue weighted by molar-refractivity contribution is 6.33. The van der Waals surface area contributed by atoms with Gasteiger partial charge >= 0.3 is 0 Å². The molecule has 2 aromatic rings. The average molecular weight is 433 g/mol. The van der Waals surface area contributed by atoms with Crippen molar-refractivity contribution in [3.63, 3.8) is 0 Å². The standard InChI is InChI=1S/C20H21ClN4O5/c21-17-3-1-2-4-18(17)22-19(26)13-23-9-11-24(12-10-23)20(27)14-30-16-7-5-15(6-8-16)25(28)29/h1-8H,9-14H2,(H,22,26). The molecule has 0 bridgehead atoms. The molecule has 1 N–H and O–H groups in total. The van der Waals surface area contributed by atoms with E-state index in [0.717, 1.165) is 0 Å². The second kappa shape index (κ2) is 10.0. The molecule has 10 heteroatoms. The lowest BCUT2D eigenvalue weighted by molar-refractivity contribution is -0.384. The third kappa shape index (κ3) is 5.91.